The Hall–Kier alpha value is -1.89. The molecule has 1 unspecified atom stereocenters. The van der Waals surface area contributed by atoms with Crippen molar-refractivity contribution < 1.29 is 9.53 Å². The molecule has 1 saturated heterocycles. The summed E-state index contributed by atoms with van der Waals surface area (Å²) in [5.74, 6) is 0.474. The van der Waals surface area contributed by atoms with Crippen molar-refractivity contribution in [1.82, 2.24) is 4.98 Å². The zero-order valence-electron chi connectivity index (χ0n) is 16.2. The highest BCUT2D eigenvalue weighted by molar-refractivity contribution is 8.00. The molecule has 1 amide bonds. The molecule has 4 nitrogen and oxygen atoms in total. The number of aromatic nitrogens is 1. The van der Waals surface area contributed by atoms with Crippen molar-refractivity contribution in [1.29, 1.82) is 0 Å². The van der Waals surface area contributed by atoms with Crippen LogP contribution in [-0.2, 0) is 9.53 Å². The van der Waals surface area contributed by atoms with Crippen molar-refractivity contribution >= 4 is 44.4 Å². The molecule has 4 rings (SSSR count). The number of ether oxygens (including phenoxy) is 1. The molecule has 146 valence electrons. The molecule has 0 radical (unpaired) electrons. The summed E-state index contributed by atoms with van der Waals surface area (Å²) in [5.41, 5.74) is 3.43. The van der Waals surface area contributed by atoms with Gasteiger partial charge in [-0.15, -0.1) is 11.8 Å². The van der Waals surface area contributed by atoms with E-state index in [4.69, 9.17) is 9.72 Å². The van der Waals surface area contributed by atoms with Gasteiger partial charge in [0.15, 0.2) is 5.13 Å². The number of carbonyl (C=O) groups excluding carboxylic acids is 1. The Bertz CT molecular complexity index is 926. The van der Waals surface area contributed by atoms with Gasteiger partial charge in [0.2, 0.25) is 5.91 Å². The lowest BCUT2D eigenvalue weighted by Gasteiger charge is -2.23. The molecule has 3 aromatic rings. The quantitative estimate of drug-likeness (QED) is 0.521. The van der Waals surface area contributed by atoms with Crippen LogP contribution in [0.2, 0.25) is 0 Å². The second-order valence-corrected chi connectivity index (χ2v) is 9.20. The highest BCUT2D eigenvalue weighted by Gasteiger charge is 2.26. The van der Waals surface area contributed by atoms with E-state index in [0.29, 0.717) is 12.3 Å². The number of thiazole rings is 1. The van der Waals surface area contributed by atoms with Crippen molar-refractivity contribution in [2.45, 2.75) is 37.7 Å². The number of thioether (sulfide) groups is 1. The molecular formula is C22H24N2O2S2. The van der Waals surface area contributed by atoms with Crippen LogP contribution in [0.15, 0.2) is 47.4 Å². The Morgan fingerprint density at radius 2 is 2.04 bits per heavy atom. The van der Waals surface area contributed by atoms with E-state index in [1.807, 2.05) is 35.2 Å². The van der Waals surface area contributed by atoms with Crippen LogP contribution >= 0.6 is 23.1 Å². The van der Waals surface area contributed by atoms with E-state index in [1.54, 1.807) is 23.1 Å². The van der Waals surface area contributed by atoms with Gasteiger partial charge in [-0.05, 0) is 62.1 Å². The van der Waals surface area contributed by atoms with Crippen molar-refractivity contribution in [3.8, 4) is 0 Å². The van der Waals surface area contributed by atoms with E-state index in [2.05, 4.69) is 26.0 Å². The standard InChI is InChI=1S/C22H24N2O2S2/c1-15-11-19-20(12-16(15)2)28-22(23-19)24(13-17-7-6-10-26-17)21(25)14-27-18-8-4-3-5-9-18/h3-5,8-9,11-12,17H,6-7,10,13-14H2,1-2H3. The van der Waals surface area contributed by atoms with E-state index in [-0.39, 0.29) is 12.0 Å². The number of anilines is 1. The Morgan fingerprint density at radius 3 is 2.79 bits per heavy atom. The summed E-state index contributed by atoms with van der Waals surface area (Å²) in [5, 5.41) is 0.772. The summed E-state index contributed by atoms with van der Waals surface area (Å²) in [4.78, 5) is 20.9. The van der Waals surface area contributed by atoms with Gasteiger partial charge in [0.05, 0.1) is 28.6 Å². The van der Waals surface area contributed by atoms with Crippen LogP contribution in [0.5, 0.6) is 0 Å². The molecule has 6 heteroatoms. The lowest BCUT2D eigenvalue weighted by atomic mass is 10.1. The Balaban J connectivity index is 1.58. The van der Waals surface area contributed by atoms with Crippen molar-refractivity contribution in [3.05, 3.63) is 53.6 Å². The maximum Gasteiger partial charge on any atom is 0.239 e. The minimum atomic E-state index is 0.0804. The van der Waals surface area contributed by atoms with Crippen LogP contribution in [0.1, 0.15) is 24.0 Å². The molecule has 1 atom stereocenters. The molecule has 1 fully saturated rings. The first-order valence-electron chi connectivity index (χ1n) is 9.58. The van der Waals surface area contributed by atoms with Gasteiger partial charge in [-0.1, -0.05) is 29.5 Å². The summed E-state index contributed by atoms with van der Waals surface area (Å²) in [6.07, 6.45) is 2.16. The number of rotatable bonds is 6. The van der Waals surface area contributed by atoms with Gasteiger partial charge >= 0.3 is 0 Å². The average Bonchev–Trinajstić information content (AvgIpc) is 3.35. The first-order valence-corrected chi connectivity index (χ1v) is 11.4. The lowest BCUT2D eigenvalue weighted by Crippen LogP contribution is -2.38. The van der Waals surface area contributed by atoms with Crippen molar-refractivity contribution in [3.63, 3.8) is 0 Å². The third-order valence-electron chi connectivity index (χ3n) is 5.04. The molecule has 0 N–H and O–H groups in total. The molecule has 28 heavy (non-hydrogen) atoms. The number of amides is 1. The maximum absolute atomic E-state index is 13.1. The molecule has 1 aliphatic rings. The fraction of sp³-hybridized carbons (Fsp3) is 0.364. The zero-order chi connectivity index (χ0) is 19.5. The Morgan fingerprint density at radius 1 is 1.25 bits per heavy atom. The topological polar surface area (TPSA) is 42.4 Å². The first-order chi connectivity index (χ1) is 13.6. The van der Waals surface area contributed by atoms with Crippen LogP contribution in [0, 0.1) is 13.8 Å². The van der Waals surface area contributed by atoms with Crippen LogP contribution < -0.4 is 4.90 Å². The number of fused-ring (bicyclic) bond motifs is 1. The number of nitrogens with zero attached hydrogens (tertiary/aromatic N) is 2. The second kappa shape index (κ2) is 8.64. The van der Waals surface area contributed by atoms with Crippen LogP contribution in [0.3, 0.4) is 0 Å². The lowest BCUT2D eigenvalue weighted by molar-refractivity contribution is -0.116. The minimum Gasteiger partial charge on any atom is -0.376 e. The first kappa shape index (κ1) is 19.4. The fourth-order valence-electron chi connectivity index (χ4n) is 3.30. The highest BCUT2D eigenvalue weighted by Crippen LogP contribution is 2.32. The predicted octanol–water partition coefficient (Wildman–Crippen LogP) is 5.22. The van der Waals surface area contributed by atoms with Crippen molar-refractivity contribution in [2.75, 3.05) is 23.8 Å². The largest absolute Gasteiger partial charge is 0.376 e. The minimum absolute atomic E-state index is 0.0804. The Kier molecular flexibility index (Phi) is 5.99. The summed E-state index contributed by atoms with van der Waals surface area (Å²) < 4.78 is 6.93. The second-order valence-electron chi connectivity index (χ2n) is 7.14. The SMILES string of the molecule is Cc1cc2nc(N(CC3CCCO3)C(=O)CSc3ccccc3)sc2cc1C. The summed E-state index contributed by atoms with van der Waals surface area (Å²) >= 11 is 3.16. The molecule has 0 aliphatic carbocycles. The van der Waals surface area contributed by atoms with Gasteiger partial charge in [0, 0.05) is 11.5 Å². The molecule has 0 saturated carbocycles. The average molecular weight is 413 g/mol. The van der Waals surface area contributed by atoms with Gasteiger partial charge in [-0.2, -0.15) is 0 Å². The number of hydrogen-bond acceptors (Lipinski definition) is 5. The summed E-state index contributed by atoms with van der Waals surface area (Å²) in [6.45, 7) is 5.56. The van der Waals surface area contributed by atoms with Gasteiger partial charge in [-0.25, -0.2) is 4.98 Å². The van der Waals surface area contributed by atoms with Crippen LogP contribution in [0.25, 0.3) is 10.2 Å². The van der Waals surface area contributed by atoms with Gasteiger partial charge in [0.25, 0.3) is 0 Å². The van der Waals surface area contributed by atoms with E-state index < -0.39 is 0 Å². The molecule has 0 spiro atoms. The van der Waals surface area contributed by atoms with Crippen molar-refractivity contribution in [2.24, 2.45) is 0 Å². The summed E-state index contributed by atoms with van der Waals surface area (Å²) in [7, 11) is 0. The molecule has 2 heterocycles. The number of aryl methyl sites for hydroxylation is 2. The Labute approximate surface area is 173 Å². The van der Waals surface area contributed by atoms with Gasteiger partial charge in [-0.3, -0.25) is 9.69 Å². The third kappa shape index (κ3) is 4.40. The van der Waals surface area contributed by atoms with E-state index in [0.717, 1.165) is 39.7 Å². The summed E-state index contributed by atoms with van der Waals surface area (Å²) in [6, 6.07) is 14.3. The fourth-order valence-corrected chi connectivity index (χ4v) is 5.17. The third-order valence-corrected chi connectivity index (χ3v) is 7.08. The number of carbonyl (C=O) groups is 1. The monoisotopic (exact) mass is 412 g/mol. The van der Waals surface area contributed by atoms with E-state index >= 15 is 0 Å². The van der Waals surface area contributed by atoms with Crippen LogP contribution in [0.4, 0.5) is 5.13 Å². The predicted molar refractivity (Wildman–Crippen MR) is 118 cm³/mol. The molecular weight excluding hydrogens is 388 g/mol. The number of benzene rings is 2. The van der Waals surface area contributed by atoms with Gasteiger partial charge < -0.3 is 4.74 Å². The number of hydrogen-bond donors (Lipinski definition) is 0. The van der Waals surface area contributed by atoms with Crippen LogP contribution in [-0.4, -0.2) is 35.9 Å². The highest BCUT2D eigenvalue weighted by atomic mass is 32.2. The smallest absolute Gasteiger partial charge is 0.239 e. The van der Waals surface area contributed by atoms with Gasteiger partial charge in [0.1, 0.15) is 0 Å². The normalized spacial score (nSPS) is 16.6. The molecule has 1 aromatic heterocycles. The molecule has 2 aromatic carbocycles. The zero-order valence-corrected chi connectivity index (χ0v) is 17.8. The van der Waals surface area contributed by atoms with E-state index in [1.165, 1.54) is 11.1 Å². The van der Waals surface area contributed by atoms with E-state index in [9.17, 15) is 4.79 Å². The maximum atomic E-state index is 13.1. The molecule has 0 bridgehead atoms. The molecule has 1 aliphatic heterocycles.